The van der Waals surface area contributed by atoms with Crippen molar-refractivity contribution in [3.8, 4) is 5.75 Å². The van der Waals surface area contributed by atoms with E-state index in [-0.39, 0.29) is 0 Å². The molecular formula is C10H12BO. The van der Waals surface area contributed by atoms with Crippen LogP contribution in [0.15, 0.2) is 24.3 Å². The van der Waals surface area contributed by atoms with Gasteiger partial charge in [0.2, 0.25) is 0 Å². The van der Waals surface area contributed by atoms with E-state index in [2.05, 4.69) is 0 Å². The van der Waals surface area contributed by atoms with Crippen molar-refractivity contribution >= 4 is 13.0 Å². The van der Waals surface area contributed by atoms with Crippen LogP contribution in [0.1, 0.15) is 18.9 Å². The van der Waals surface area contributed by atoms with E-state index in [0.717, 1.165) is 23.2 Å². The Kier molecular flexibility index (Phi) is 3.09. The van der Waals surface area contributed by atoms with Crippen LogP contribution < -0.4 is 4.74 Å². The Bertz CT molecular complexity index is 264. The first-order valence-electron chi connectivity index (χ1n) is 4.03. The molecule has 1 nitrogen and oxygen atoms in total. The van der Waals surface area contributed by atoms with Crippen LogP contribution in [-0.2, 0) is 0 Å². The Morgan fingerprint density at radius 3 is 2.33 bits per heavy atom. The Morgan fingerprint density at radius 2 is 1.92 bits per heavy atom. The Morgan fingerprint density at radius 1 is 1.33 bits per heavy atom. The molecule has 1 aromatic rings. The molecular weight excluding hydrogens is 147 g/mol. The van der Waals surface area contributed by atoms with Gasteiger partial charge in [0, 0.05) is 0 Å². The number of methoxy groups -OCH3 is 1. The molecule has 0 saturated carbocycles. The number of benzene rings is 1. The first-order chi connectivity index (χ1) is 5.77. The minimum atomic E-state index is 0.864. The standard InChI is InChI=1S/C10H12BO/c1-3-10(11)8-4-6-9(12-2)7-5-8/h4-7H,3H2,1-2H3. The molecule has 0 fully saturated rings. The Balaban J connectivity index is 2.84. The van der Waals surface area contributed by atoms with E-state index in [0.29, 0.717) is 0 Å². The Labute approximate surface area is 74.4 Å². The number of hydrogen-bond acceptors (Lipinski definition) is 1. The van der Waals surface area contributed by atoms with Gasteiger partial charge in [0.1, 0.15) is 0 Å². The van der Waals surface area contributed by atoms with Crippen molar-refractivity contribution in [2.24, 2.45) is 0 Å². The summed E-state index contributed by atoms with van der Waals surface area (Å²) in [7, 11) is 7.42. The monoisotopic (exact) mass is 159 g/mol. The average molecular weight is 159 g/mol. The molecule has 0 N–H and O–H groups in total. The first kappa shape index (κ1) is 9.05. The maximum absolute atomic E-state index is 5.76. The van der Waals surface area contributed by atoms with Gasteiger partial charge >= 0.3 is 73.7 Å². The summed E-state index contributed by atoms with van der Waals surface area (Å²) in [6, 6.07) is 7.77. The van der Waals surface area contributed by atoms with Crippen LogP contribution in [0, 0.1) is 0 Å². The summed E-state index contributed by atoms with van der Waals surface area (Å²) in [6.45, 7) is 2.04. The number of hydrogen-bond donors (Lipinski definition) is 0. The second-order valence-corrected chi connectivity index (χ2v) is 2.61. The van der Waals surface area contributed by atoms with Crippen molar-refractivity contribution in [3.63, 3.8) is 0 Å². The van der Waals surface area contributed by atoms with Crippen molar-refractivity contribution in [3.05, 3.63) is 29.8 Å². The predicted molar refractivity (Wildman–Crippen MR) is 53.1 cm³/mol. The fourth-order valence-corrected chi connectivity index (χ4v) is 1.01. The summed E-state index contributed by atoms with van der Waals surface area (Å²) in [5, 5.41) is 0. The van der Waals surface area contributed by atoms with Gasteiger partial charge in [0.25, 0.3) is 0 Å². The summed E-state index contributed by atoms with van der Waals surface area (Å²) in [4.78, 5) is 0. The van der Waals surface area contributed by atoms with Crippen molar-refractivity contribution in [1.82, 2.24) is 0 Å². The van der Waals surface area contributed by atoms with Crippen LogP contribution in [0.2, 0.25) is 0 Å². The van der Waals surface area contributed by atoms with E-state index in [1.165, 1.54) is 0 Å². The number of rotatable bonds is 3. The molecule has 0 aliphatic carbocycles. The van der Waals surface area contributed by atoms with Crippen LogP contribution in [0.3, 0.4) is 0 Å². The summed E-state index contributed by atoms with van der Waals surface area (Å²) >= 11 is 0. The van der Waals surface area contributed by atoms with Gasteiger partial charge in [0.05, 0.1) is 0 Å². The molecule has 2 heteroatoms. The molecule has 0 aliphatic rings. The van der Waals surface area contributed by atoms with E-state index >= 15 is 0 Å². The third-order valence-electron chi connectivity index (χ3n) is 1.84. The molecule has 0 unspecified atom stereocenters. The minimum absolute atomic E-state index is 0.864. The maximum atomic E-state index is 5.76. The second-order valence-electron chi connectivity index (χ2n) is 2.61. The molecule has 0 heterocycles. The van der Waals surface area contributed by atoms with E-state index in [1.807, 2.05) is 31.2 Å². The molecule has 61 valence electrons. The van der Waals surface area contributed by atoms with Gasteiger partial charge in [-0.15, -0.1) is 0 Å². The molecule has 12 heavy (non-hydrogen) atoms. The zero-order chi connectivity index (χ0) is 8.97. The topological polar surface area (TPSA) is 9.23 Å². The SMILES string of the molecule is [B]=C(CC)c1ccc(OC)cc1. The van der Waals surface area contributed by atoms with Crippen molar-refractivity contribution in [2.45, 2.75) is 13.3 Å². The summed E-state index contributed by atoms with van der Waals surface area (Å²) < 4.78 is 5.03. The van der Waals surface area contributed by atoms with Gasteiger partial charge in [-0.1, -0.05) is 0 Å². The van der Waals surface area contributed by atoms with Crippen LogP contribution in [0.4, 0.5) is 0 Å². The molecule has 0 amide bonds. The quantitative estimate of drug-likeness (QED) is 0.611. The molecule has 1 rings (SSSR count). The van der Waals surface area contributed by atoms with Gasteiger partial charge in [-0.2, -0.15) is 0 Å². The number of ether oxygens (including phenoxy) is 1. The van der Waals surface area contributed by atoms with Crippen LogP contribution in [-0.4, -0.2) is 20.1 Å². The van der Waals surface area contributed by atoms with E-state index < -0.39 is 0 Å². The predicted octanol–water partition coefficient (Wildman–Crippen LogP) is 1.79. The summed E-state index contributed by atoms with van der Waals surface area (Å²) in [5.74, 6) is 0.864. The summed E-state index contributed by atoms with van der Waals surface area (Å²) in [6.07, 6.45) is 0.881. The van der Waals surface area contributed by atoms with Crippen molar-refractivity contribution in [2.75, 3.05) is 7.11 Å². The van der Waals surface area contributed by atoms with Gasteiger partial charge in [-0.3, -0.25) is 0 Å². The molecule has 0 aromatic heterocycles. The second kappa shape index (κ2) is 4.10. The van der Waals surface area contributed by atoms with Gasteiger partial charge in [0.15, 0.2) is 0 Å². The normalized spacial score (nSPS) is 9.42. The fourth-order valence-electron chi connectivity index (χ4n) is 1.01. The molecule has 0 bridgehead atoms. The zero-order valence-corrected chi connectivity index (χ0v) is 7.50. The average Bonchev–Trinajstić information content (AvgIpc) is 2.17. The van der Waals surface area contributed by atoms with E-state index in [9.17, 15) is 0 Å². The molecule has 0 aliphatic heterocycles. The molecule has 0 atom stereocenters. The van der Waals surface area contributed by atoms with Gasteiger partial charge in [-0.25, -0.2) is 0 Å². The van der Waals surface area contributed by atoms with Crippen LogP contribution in [0.25, 0.3) is 0 Å². The first-order valence-corrected chi connectivity index (χ1v) is 4.03. The third-order valence-corrected chi connectivity index (χ3v) is 1.84. The van der Waals surface area contributed by atoms with Gasteiger partial charge in [-0.05, 0) is 0 Å². The molecule has 1 radical (unpaired) electrons. The Hall–Kier alpha value is -1.05. The summed E-state index contributed by atoms with van der Waals surface area (Å²) in [5.41, 5.74) is 2.00. The molecule has 0 spiro atoms. The van der Waals surface area contributed by atoms with E-state index in [4.69, 9.17) is 12.2 Å². The van der Waals surface area contributed by atoms with Gasteiger partial charge < -0.3 is 0 Å². The van der Waals surface area contributed by atoms with Crippen LogP contribution in [0.5, 0.6) is 5.75 Å². The van der Waals surface area contributed by atoms with E-state index in [1.54, 1.807) is 7.11 Å². The zero-order valence-electron chi connectivity index (χ0n) is 7.50. The third kappa shape index (κ3) is 1.97. The van der Waals surface area contributed by atoms with Crippen molar-refractivity contribution in [1.29, 1.82) is 0 Å². The fraction of sp³-hybridized carbons (Fsp3) is 0.300. The molecule has 1 aromatic carbocycles. The molecule has 0 saturated heterocycles. The van der Waals surface area contributed by atoms with Crippen molar-refractivity contribution < 1.29 is 4.74 Å². The van der Waals surface area contributed by atoms with Crippen LogP contribution >= 0.6 is 0 Å².